The third kappa shape index (κ3) is 3.67. The van der Waals surface area contributed by atoms with E-state index in [0.29, 0.717) is 16.5 Å². The molecule has 0 aliphatic carbocycles. The lowest BCUT2D eigenvalue weighted by atomic mass is 10.2. The van der Waals surface area contributed by atoms with Gasteiger partial charge in [0.05, 0.1) is 10.0 Å². The molecule has 5 heteroatoms. The van der Waals surface area contributed by atoms with Crippen molar-refractivity contribution in [2.75, 3.05) is 0 Å². The van der Waals surface area contributed by atoms with Crippen LogP contribution >= 0.6 is 39.1 Å². The molecular weight excluding hydrogens is 303 g/mol. The van der Waals surface area contributed by atoms with Gasteiger partial charge in [-0.15, -0.1) is 0 Å². The fraction of sp³-hybridized carbons (Fsp3) is 0.300. The molecule has 0 aliphatic heterocycles. The molecule has 0 aromatic heterocycles. The molecule has 0 heterocycles. The number of halogens is 3. The van der Waals surface area contributed by atoms with Gasteiger partial charge in [-0.3, -0.25) is 4.79 Å². The molecule has 0 bridgehead atoms. The number of rotatable bonds is 3. The smallest absolute Gasteiger partial charge is 0.306 e. The van der Waals surface area contributed by atoms with Crippen molar-refractivity contribution in [3.8, 4) is 0 Å². The van der Waals surface area contributed by atoms with E-state index in [1.165, 1.54) is 0 Å². The Balaban J connectivity index is 2.78. The molecule has 1 atom stereocenters. The molecule has 0 saturated heterocycles. The van der Waals surface area contributed by atoms with Crippen molar-refractivity contribution in [1.82, 2.24) is 0 Å². The molecule has 0 fully saturated rings. The van der Waals surface area contributed by atoms with Gasteiger partial charge in [0.1, 0.15) is 0 Å². The molecule has 82 valence electrons. The number of ether oxygens (including phenoxy) is 1. The zero-order valence-electron chi connectivity index (χ0n) is 7.97. The SMILES string of the molecule is CCC(=O)OC(Br)c1ccc(Cl)c(Cl)c1. The van der Waals surface area contributed by atoms with E-state index < -0.39 is 5.01 Å². The molecule has 1 unspecified atom stereocenters. The Morgan fingerprint density at radius 3 is 2.67 bits per heavy atom. The van der Waals surface area contributed by atoms with Crippen LogP contribution in [-0.4, -0.2) is 5.97 Å². The van der Waals surface area contributed by atoms with Crippen molar-refractivity contribution < 1.29 is 9.53 Å². The summed E-state index contributed by atoms with van der Waals surface area (Å²) in [5, 5.41) is 0.424. The van der Waals surface area contributed by atoms with Gasteiger partial charge in [-0.2, -0.15) is 0 Å². The second kappa shape index (κ2) is 5.73. The summed E-state index contributed by atoms with van der Waals surface area (Å²) < 4.78 is 5.06. The van der Waals surface area contributed by atoms with Crippen molar-refractivity contribution >= 4 is 45.1 Å². The Hall–Kier alpha value is -0.250. The summed E-state index contributed by atoms with van der Waals surface area (Å²) in [6, 6.07) is 5.07. The average Bonchev–Trinajstić information content (AvgIpc) is 2.21. The standard InChI is InChI=1S/C10H9BrCl2O2/c1-2-9(14)15-10(11)6-3-4-7(12)8(13)5-6/h3-5,10H,2H2,1H3. The van der Waals surface area contributed by atoms with Gasteiger partial charge < -0.3 is 4.74 Å². The summed E-state index contributed by atoms with van der Waals surface area (Å²) in [5.74, 6) is -0.275. The van der Waals surface area contributed by atoms with Crippen LogP contribution in [0.25, 0.3) is 0 Å². The van der Waals surface area contributed by atoms with Crippen molar-refractivity contribution in [3.05, 3.63) is 33.8 Å². The summed E-state index contributed by atoms with van der Waals surface area (Å²) in [7, 11) is 0. The fourth-order valence-corrected chi connectivity index (χ4v) is 1.72. The Labute approximate surface area is 107 Å². The largest absolute Gasteiger partial charge is 0.446 e. The molecule has 15 heavy (non-hydrogen) atoms. The van der Waals surface area contributed by atoms with Crippen LogP contribution in [-0.2, 0) is 9.53 Å². The van der Waals surface area contributed by atoms with Gasteiger partial charge in [-0.25, -0.2) is 0 Å². The number of carbonyl (C=O) groups excluding carboxylic acids is 1. The quantitative estimate of drug-likeness (QED) is 0.613. The molecule has 0 N–H and O–H groups in total. The van der Waals surface area contributed by atoms with Crippen LogP contribution in [0, 0.1) is 0 Å². The lowest BCUT2D eigenvalue weighted by molar-refractivity contribution is -0.144. The first-order valence-electron chi connectivity index (χ1n) is 4.33. The van der Waals surface area contributed by atoms with Gasteiger partial charge in [-0.1, -0.05) is 36.2 Å². The zero-order valence-corrected chi connectivity index (χ0v) is 11.1. The van der Waals surface area contributed by atoms with Crippen molar-refractivity contribution in [1.29, 1.82) is 0 Å². The molecule has 1 aromatic rings. The van der Waals surface area contributed by atoms with E-state index in [4.69, 9.17) is 27.9 Å². The Morgan fingerprint density at radius 2 is 2.13 bits per heavy atom. The minimum atomic E-state index is -0.486. The van der Waals surface area contributed by atoms with Gasteiger partial charge in [0.25, 0.3) is 0 Å². The highest BCUT2D eigenvalue weighted by atomic mass is 79.9. The van der Waals surface area contributed by atoms with E-state index in [-0.39, 0.29) is 5.97 Å². The zero-order chi connectivity index (χ0) is 11.4. The van der Waals surface area contributed by atoms with E-state index in [0.717, 1.165) is 5.56 Å². The second-order valence-electron chi connectivity index (χ2n) is 2.83. The van der Waals surface area contributed by atoms with Crippen molar-refractivity contribution in [2.24, 2.45) is 0 Å². The first kappa shape index (κ1) is 12.8. The maximum Gasteiger partial charge on any atom is 0.306 e. The Kier molecular flexibility index (Phi) is 4.90. The topological polar surface area (TPSA) is 26.3 Å². The summed E-state index contributed by atoms with van der Waals surface area (Å²) in [6.45, 7) is 1.73. The van der Waals surface area contributed by atoms with Crippen molar-refractivity contribution in [3.63, 3.8) is 0 Å². The second-order valence-corrected chi connectivity index (χ2v) is 4.48. The number of esters is 1. The molecule has 2 nitrogen and oxygen atoms in total. The predicted molar refractivity (Wildman–Crippen MR) is 64.5 cm³/mol. The molecule has 0 amide bonds. The lowest BCUT2D eigenvalue weighted by Gasteiger charge is -2.11. The molecular formula is C10H9BrCl2O2. The van der Waals surface area contributed by atoms with Crippen molar-refractivity contribution in [2.45, 2.75) is 18.4 Å². The van der Waals surface area contributed by atoms with Crippen LogP contribution in [0.1, 0.15) is 23.9 Å². The molecule has 0 spiro atoms. The molecule has 0 aliphatic rings. The first-order valence-corrected chi connectivity index (χ1v) is 6.00. The number of alkyl halides is 1. The number of hydrogen-bond acceptors (Lipinski definition) is 2. The van der Waals surface area contributed by atoms with E-state index in [1.807, 2.05) is 0 Å². The van der Waals surface area contributed by atoms with Gasteiger partial charge in [0.15, 0.2) is 5.01 Å². The first-order chi connectivity index (χ1) is 7.04. The summed E-state index contributed by atoms with van der Waals surface area (Å²) in [4.78, 5) is 11.0. The molecule has 0 saturated carbocycles. The van der Waals surface area contributed by atoms with E-state index in [9.17, 15) is 4.79 Å². The molecule has 0 radical (unpaired) electrons. The highest BCUT2D eigenvalue weighted by Gasteiger charge is 2.12. The van der Waals surface area contributed by atoms with E-state index in [2.05, 4.69) is 15.9 Å². The van der Waals surface area contributed by atoms with Gasteiger partial charge in [0.2, 0.25) is 0 Å². The average molecular weight is 312 g/mol. The summed E-state index contributed by atoms with van der Waals surface area (Å²) >= 11 is 14.8. The normalized spacial score (nSPS) is 12.3. The number of hydrogen-bond donors (Lipinski definition) is 0. The monoisotopic (exact) mass is 310 g/mol. The number of carbonyl (C=O) groups is 1. The van der Waals surface area contributed by atoms with E-state index in [1.54, 1.807) is 25.1 Å². The van der Waals surface area contributed by atoms with Crippen LogP contribution in [0.15, 0.2) is 18.2 Å². The third-order valence-corrected chi connectivity index (χ3v) is 3.18. The van der Waals surface area contributed by atoms with Crippen LogP contribution < -0.4 is 0 Å². The maximum atomic E-state index is 11.0. The molecule has 1 rings (SSSR count). The van der Waals surface area contributed by atoms with Crippen LogP contribution in [0.5, 0.6) is 0 Å². The molecule has 1 aromatic carbocycles. The maximum absolute atomic E-state index is 11.0. The minimum absolute atomic E-state index is 0.275. The minimum Gasteiger partial charge on any atom is -0.446 e. The van der Waals surface area contributed by atoms with Crippen LogP contribution in [0.2, 0.25) is 10.0 Å². The highest BCUT2D eigenvalue weighted by Crippen LogP contribution is 2.30. The summed E-state index contributed by atoms with van der Waals surface area (Å²) in [6.07, 6.45) is 0.337. The van der Waals surface area contributed by atoms with Gasteiger partial charge in [0, 0.05) is 12.0 Å². The summed E-state index contributed by atoms with van der Waals surface area (Å²) in [5.41, 5.74) is 0.756. The van der Waals surface area contributed by atoms with Crippen LogP contribution in [0.3, 0.4) is 0 Å². The van der Waals surface area contributed by atoms with Gasteiger partial charge in [-0.05, 0) is 28.1 Å². The van der Waals surface area contributed by atoms with Crippen LogP contribution in [0.4, 0.5) is 0 Å². The predicted octanol–water partition coefficient (Wildman–Crippen LogP) is 4.34. The third-order valence-electron chi connectivity index (χ3n) is 1.73. The Bertz CT molecular complexity index is 368. The van der Waals surface area contributed by atoms with E-state index >= 15 is 0 Å². The Morgan fingerprint density at radius 1 is 1.47 bits per heavy atom. The lowest BCUT2D eigenvalue weighted by Crippen LogP contribution is -2.05. The van der Waals surface area contributed by atoms with Gasteiger partial charge >= 0.3 is 5.97 Å². The highest BCUT2D eigenvalue weighted by molar-refractivity contribution is 9.09. The fourth-order valence-electron chi connectivity index (χ4n) is 0.920. The number of benzene rings is 1.